The zero-order valence-electron chi connectivity index (χ0n) is 11.4. The molecule has 2 aromatic heterocycles. The van der Waals surface area contributed by atoms with Crippen LogP contribution in [0.3, 0.4) is 0 Å². The van der Waals surface area contributed by atoms with Gasteiger partial charge in [-0.15, -0.1) is 11.3 Å². The number of carbonyl (C=O) groups excluding carboxylic acids is 1. The Morgan fingerprint density at radius 1 is 1.18 bits per heavy atom. The van der Waals surface area contributed by atoms with E-state index in [2.05, 4.69) is 9.97 Å². The molecule has 0 fully saturated rings. The first-order valence-corrected chi connectivity index (χ1v) is 7.32. The van der Waals surface area contributed by atoms with Crippen LogP contribution in [0.2, 0.25) is 0 Å². The van der Waals surface area contributed by atoms with Crippen LogP contribution >= 0.6 is 11.3 Å². The standard InChI is InChI=1S/C16H11FN2O2S/c17-13-6-12(7-18-8-13)16(20)21-10-14-9-19-15(22-14)11-4-2-1-3-5-11/h1-9H,10H2. The molecule has 0 aliphatic rings. The van der Waals surface area contributed by atoms with Gasteiger partial charge in [0, 0.05) is 18.0 Å². The van der Waals surface area contributed by atoms with Crippen molar-refractivity contribution in [2.45, 2.75) is 6.61 Å². The van der Waals surface area contributed by atoms with E-state index in [0.717, 1.165) is 27.7 Å². The highest BCUT2D eigenvalue weighted by atomic mass is 32.1. The first-order chi connectivity index (χ1) is 10.7. The Morgan fingerprint density at radius 3 is 2.77 bits per heavy atom. The second kappa shape index (κ2) is 6.44. The normalized spacial score (nSPS) is 10.4. The van der Waals surface area contributed by atoms with Crippen LogP contribution in [0.1, 0.15) is 15.2 Å². The second-order valence-electron chi connectivity index (χ2n) is 4.47. The first-order valence-electron chi connectivity index (χ1n) is 6.50. The van der Waals surface area contributed by atoms with Gasteiger partial charge in [-0.2, -0.15) is 0 Å². The minimum atomic E-state index is -0.610. The van der Waals surface area contributed by atoms with Crippen molar-refractivity contribution in [1.82, 2.24) is 9.97 Å². The van der Waals surface area contributed by atoms with Gasteiger partial charge >= 0.3 is 5.97 Å². The van der Waals surface area contributed by atoms with Crippen molar-refractivity contribution in [3.63, 3.8) is 0 Å². The second-order valence-corrected chi connectivity index (χ2v) is 5.58. The average molecular weight is 314 g/mol. The maximum absolute atomic E-state index is 13.0. The van der Waals surface area contributed by atoms with E-state index in [1.807, 2.05) is 30.3 Å². The summed E-state index contributed by atoms with van der Waals surface area (Å²) in [5, 5.41) is 0.860. The van der Waals surface area contributed by atoms with Crippen LogP contribution in [-0.4, -0.2) is 15.9 Å². The van der Waals surface area contributed by atoms with Gasteiger partial charge in [0.2, 0.25) is 0 Å². The van der Waals surface area contributed by atoms with Crippen molar-refractivity contribution in [1.29, 1.82) is 0 Å². The summed E-state index contributed by atoms with van der Waals surface area (Å²) in [6.45, 7) is 0.0971. The SMILES string of the molecule is O=C(OCc1cnc(-c2ccccc2)s1)c1cncc(F)c1. The number of benzene rings is 1. The number of esters is 1. The lowest BCUT2D eigenvalue weighted by Crippen LogP contribution is -2.05. The van der Waals surface area contributed by atoms with Gasteiger partial charge in [0.05, 0.1) is 16.6 Å². The molecule has 0 atom stereocenters. The molecule has 0 amide bonds. The number of thiazole rings is 1. The minimum Gasteiger partial charge on any atom is -0.456 e. The van der Waals surface area contributed by atoms with Crippen LogP contribution in [0.25, 0.3) is 10.6 Å². The molecular formula is C16H11FN2O2S. The average Bonchev–Trinajstić information content (AvgIpc) is 3.02. The molecule has 3 aromatic rings. The van der Waals surface area contributed by atoms with Gasteiger partial charge in [0.1, 0.15) is 17.4 Å². The molecule has 110 valence electrons. The van der Waals surface area contributed by atoms with E-state index >= 15 is 0 Å². The Bertz CT molecular complexity index is 790. The van der Waals surface area contributed by atoms with E-state index in [-0.39, 0.29) is 12.2 Å². The van der Waals surface area contributed by atoms with Crippen molar-refractivity contribution in [3.8, 4) is 10.6 Å². The molecule has 2 heterocycles. The highest BCUT2D eigenvalue weighted by molar-refractivity contribution is 7.15. The van der Waals surface area contributed by atoms with Crippen molar-refractivity contribution in [3.05, 3.63) is 71.2 Å². The fourth-order valence-corrected chi connectivity index (χ4v) is 2.66. The lowest BCUT2D eigenvalue weighted by atomic mass is 10.2. The topological polar surface area (TPSA) is 52.1 Å². The number of aromatic nitrogens is 2. The molecule has 1 aromatic carbocycles. The van der Waals surface area contributed by atoms with Gasteiger partial charge in [0.15, 0.2) is 0 Å². The van der Waals surface area contributed by atoms with E-state index in [1.165, 1.54) is 17.5 Å². The summed E-state index contributed by atoms with van der Waals surface area (Å²) in [4.78, 5) is 20.5. The summed E-state index contributed by atoms with van der Waals surface area (Å²) in [6, 6.07) is 10.8. The largest absolute Gasteiger partial charge is 0.456 e. The van der Waals surface area contributed by atoms with Crippen LogP contribution in [0.4, 0.5) is 4.39 Å². The summed E-state index contributed by atoms with van der Waals surface area (Å²) < 4.78 is 18.1. The molecule has 0 spiro atoms. The van der Waals surface area contributed by atoms with Crippen LogP contribution < -0.4 is 0 Å². The van der Waals surface area contributed by atoms with Crippen LogP contribution in [-0.2, 0) is 11.3 Å². The van der Waals surface area contributed by atoms with Gasteiger partial charge < -0.3 is 4.74 Å². The predicted octanol–water partition coefficient (Wildman–Crippen LogP) is 3.70. The molecule has 0 aliphatic heterocycles. The quantitative estimate of drug-likeness (QED) is 0.689. The zero-order chi connectivity index (χ0) is 15.4. The first kappa shape index (κ1) is 14.3. The molecule has 0 radical (unpaired) electrons. The number of hydrogen-bond donors (Lipinski definition) is 0. The molecular weight excluding hydrogens is 303 g/mol. The number of pyridine rings is 1. The summed E-state index contributed by atoms with van der Waals surface area (Å²) in [5.74, 6) is -1.18. The Hall–Kier alpha value is -2.60. The summed E-state index contributed by atoms with van der Waals surface area (Å²) in [5.41, 5.74) is 1.10. The van der Waals surface area contributed by atoms with Crippen molar-refractivity contribution in [2.75, 3.05) is 0 Å². The smallest absolute Gasteiger partial charge is 0.340 e. The molecule has 0 aliphatic carbocycles. The third-order valence-electron chi connectivity index (χ3n) is 2.86. The molecule has 22 heavy (non-hydrogen) atoms. The Kier molecular flexibility index (Phi) is 4.20. The van der Waals surface area contributed by atoms with Crippen molar-refractivity contribution >= 4 is 17.3 Å². The lowest BCUT2D eigenvalue weighted by Gasteiger charge is -2.02. The molecule has 0 saturated heterocycles. The summed E-state index contributed by atoms with van der Waals surface area (Å²) >= 11 is 1.45. The van der Waals surface area contributed by atoms with Crippen LogP contribution in [0.5, 0.6) is 0 Å². The number of ether oxygens (including phenoxy) is 1. The monoisotopic (exact) mass is 314 g/mol. The fraction of sp³-hybridized carbons (Fsp3) is 0.0625. The predicted molar refractivity (Wildman–Crippen MR) is 80.9 cm³/mol. The zero-order valence-corrected chi connectivity index (χ0v) is 12.2. The Balaban J connectivity index is 1.65. The minimum absolute atomic E-state index is 0.0906. The van der Waals surface area contributed by atoms with E-state index in [9.17, 15) is 9.18 Å². The van der Waals surface area contributed by atoms with E-state index in [0.29, 0.717) is 0 Å². The van der Waals surface area contributed by atoms with E-state index in [1.54, 1.807) is 6.20 Å². The molecule has 0 N–H and O–H groups in total. The molecule has 4 nitrogen and oxygen atoms in total. The molecule has 0 unspecified atom stereocenters. The van der Waals surface area contributed by atoms with Gasteiger partial charge in [-0.1, -0.05) is 30.3 Å². The highest BCUT2D eigenvalue weighted by Gasteiger charge is 2.11. The van der Waals surface area contributed by atoms with E-state index < -0.39 is 11.8 Å². The number of nitrogens with zero attached hydrogens (tertiary/aromatic N) is 2. The number of carbonyl (C=O) groups is 1. The van der Waals surface area contributed by atoms with Crippen molar-refractivity contribution in [2.24, 2.45) is 0 Å². The van der Waals surface area contributed by atoms with E-state index in [4.69, 9.17) is 4.74 Å². The third-order valence-corrected chi connectivity index (χ3v) is 3.88. The number of halogens is 1. The Morgan fingerprint density at radius 2 is 2.00 bits per heavy atom. The molecule has 6 heteroatoms. The maximum Gasteiger partial charge on any atom is 0.340 e. The number of rotatable bonds is 4. The number of hydrogen-bond acceptors (Lipinski definition) is 5. The molecule has 3 rings (SSSR count). The summed E-state index contributed by atoms with van der Waals surface area (Å²) in [6.07, 6.45) is 3.98. The summed E-state index contributed by atoms with van der Waals surface area (Å²) in [7, 11) is 0. The van der Waals surface area contributed by atoms with Gasteiger partial charge in [-0.3, -0.25) is 4.98 Å². The van der Waals surface area contributed by atoms with Gasteiger partial charge in [-0.05, 0) is 6.07 Å². The third kappa shape index (κ3) is 3.35. The van der Waals surface area contributed by atoms with Gasteiger partial charge in [0.25, 0.3) is 0 Å². The Labute approximate surface area is 130 Å². The van der Waals surface area contributed by atoms with Crippen LogP contribution in [0, 0.1) is 5.82 Å². The fourth-order valence-electron chi connectivity index (χ4n) is 1.83. The van der Waals surface area contributed by atoms with Crippen molar-refractivity contribution < 1.29 is 13.9 Å². The lowest BCUT2D eigenvalue weighted by molar-refractivity contribution is 0.0475. The maximum atomic E-state index is 13.0. The molecule has 0 saturated carbocycles. The highest BCUT2D eigenvalue weighted by Crippen LogP contribution is 2.25. The van der Waals surface area contributed by atoms with Gasteiger partial charge in [-0.25, -0.2) is 14.2 Å². The molecule has 0 bridgehead atoms. The van der Waals surface area contributed by atoms with Crippen LogP contribution in [0.15, 0.2) is 55.0 Å².